The van der Waals surface area contributed by atoms with Gasteiger partial charge in [-0.05, 0) is 41.5 Å². The molecule has 0 fully saturated rings. The molecule has 2 heterocycles. The highest BCUT2D eigenvalue weighted by atomic mass is 16.6. The van der Waals surface area contributed by atoms with E-state index in [1.807, 2.05) is 25.5 Å². The van der Waals surface area contributed by atoms with Crippen LogP contribution in [0.3, 0.4) is 0 Å². The molecule has 112 valence electrons. The van der Waals surface area contributed by atoms with Gasteiger partial charge >= 0.3 is 6.09 Å². The van der Waals surface area contributed by atoms with Crippen molar-refractivity contribution < 1.29 is 9.53 Å². The summed E-state index contributed by atoms with van der Waals surface area (Å²) in [6, 6.07) is 0. The maximum absolute atomic E-state index is 12.1. The van der Waals surface area contributed by atoms with E-state index in [1.165, 1.54) is 0 Å². The number of aromatic nitrogens is 2. The van der Waals surface area contributed by atoms with Crippen molar-refractivity contribution in [2.24, 2.45) is 0 Å². The molecule has 0 aromatic carbocycles. The summed E-state index contributed by atoms with van der Waals surface area (Å²) in [6.07, 6.45) is -0.312. The van der Waals surface area contributed by atoms with Gasteiger partial charge in [0, 0.05) is 5.56 Å². The molecule has 0 saturated carbocycles. The lowest BCUT2D eigenvalue weighted by Crippen LogP contribution is -2.34. The predicted molar refractivity (Wildman–Crippen MR) is 77.1 cm³/mol. The summed E-state index contributed by atoms with van der Waals surface area (Å²) < 4.78 is 7.31. The van der Waals surface area contributed by atoms with Gasteiger partial charge in [0.25, 0.3) is 0 Å². The number of carbonyl (C=O) groups is 1. The zero-order valence-corrected chi connectivity index (χ0v) is 13.1. The van der Waals surface area contributed by atoms with E-state index < -0.39 is 5.60 Å². The second-order valence-electron chi connectivity index (χ2n) is 7.23. The predicted octanol–water partition coefficient (Wildman–Crippen LogP) is 2.47. The Kier molecular flexibility index (Phi) is 3.23. The Morgan fingerprint density at radius 2 is 1.80 bits per heavy atom. The lowest BCUT2D eigenvalue weighted by Gasteiger charge is -2.25. The normalized spacial score (nSPS) is 15.4. The van der Waals surface area contributed by atoms with Crippen LogP contribution in [0.4, 0.5) is 10.6 Å². The van der Waals surface area contributed by atoms with Crippen molar-refractivity contribution in [1.82, 2.24) is 14.7 Å². The van der Waals surface area contributed by atoms with E-state index in [0.29, 0.717) is 18.9 Å². The van der Waals surface area contributed by atoms with Crippen LogP contribution in [0.5, 0.6) is 0 Å². The van der Waals surface area contributed by atoms with Gasteiger partial charge in [-0.3, -0.25) is 9.58 Å². The Morgan fingerprint density at radius 3 is 2.30 bits per heavy atom. The lowest BCUT2D eigenvalue weighted by atomic mass is 10.1. The number of nitrogens with two attached hydrogens (primary N) is 1. The van der Waals surface area contributed by atoms with E-state index in [1.54, 1.807) is 4.90 Å². The van der Waals surface area contributed by atoms with Crippen LogP contribution in [-0.4, -0.2) is 26.4 Å². The van der Waals surface area contributed by atoms with E-state index in [9.17, 15) is 4.79 Å². The molecule has 1 aromatic rings. The molecular weight excluding hydrogens is 256 g/mol. The molecular formula is C14H24N4O2. The topological polar surface area (TPSA) is 73.4 Å². The van der Waals surface area contributed by atoms with Gasteiger partial charge in [0.2, 0.25) is 0 Å². The van der Waals surface area contributed by atoms with E-state index in [4.69, 9.17) is 10.5 Å². The molecule has 20 heavy (non-hydrogen) atoms. The van der Waals surface area contributed by atoms with Crippen molar-refractivity contribution in [3.05, 3.63) is 11.3 Å². The molecule has 1 aromatic heterocycles. The monoisotopic (exact) mass is 280 g/mol. The second-order valence-corrected chi connectivity index (χ2v) is 7.23. The molecule has 2 rings (SSSR count). The highest BCUT2D eigenvalue weighted by Crippen LogP contribution is 2.32. The minimum Gasteiger partial charge on any atom is -0.444 e. The molecule has 0 unspecified atom stereocenters. The first-order chi connectivity index (χ1) is 8.99. The van der Waals surface area contributed by atoms with E-state index in [-0.39, 0.29) is 11.6 Å². The first kappa shape index (κ1) is 14.7. The zero-order valence-electron chi connectivity index (χ0n) is 13.1. The molecule has 1 aliphatic heterocycles. The molecule has 2 N–H and O–H groups in total. The number of carbonyl (C=O) groups excluding carboxylic acids is 1. The Labute approximate surface area is 119 Å². The van der Waals surface area contributed by atoms with Crippen LogP contribution in [0, 0.1) is 0 Å². The zero-order chi connectivity index (χ0) is 15.3. The Morgan fingerprint density at radius 1 is 1.20 bits per heavy atom. The van der Waals surface area contributed by atoms with E-state index in [2.05, 4.69) is 25.9 Å². The fourth-order valence-electron chi connectivity index (χ4n) is 2.28. The number of hydrogen-bond donors (Lipinski definition) is 1. The average Bonchev–Trinajstić information content (AvgIpc) is 2.75. The summed E-state index contributed by atoms with van der Waals surface area (Å²) >= 11 is 0. The number of nitrogen functional groups attached to an aromatic ring is 1. The quantitative estimate of drug-likeness (QED) is 0.792. The minimum absolute atomic E-state index is 0.161. The van der Waals surface area contributed by atoms with Crippen LogP contribution < -0.4 is 5.73 Å². The molecule has 1 aliphatic rings. The third-order valence-corrected chi connectivity index (χ3v) is 3.10. The molecule has 1 amide bonds. The molecule has 0 bridgehead atoms. The summed E-state index contributed by atoms with van der Waals surface area (Å²) in [7, 11) is 0. The SMILES string of the molecule is CC(C)(C)OC(=O)N1Cc2c(N)nn(C(C)(C)C)c2C1. The average molecular weight is 280 g/mol. The number of fused-ring (bicyclic) bond motifs is 1. The first-order valence-electron chi connectivity index (χ1n) is 6.84. The van der Waals surface area contributed by atoms with Crippen LogP contribution >= 0.6 is 0 Å². The van der Waals surface area contributed by atoms with Gasteiger partial charge in [-0.15, -0.1) is 0 Å². The van der Waals surface area contributed by atoms with Crippen molar-refractivity contribution in [3.63, 3.8) is 0 Å². The molecule has 6 heteroatoms. The van der Waals surface area contributed by atoms with Gasteiger partial charge < -0.3 is 10.5 Å². The summed E-state index contributed by atoms with van der Waals surface area (Å²) in [6.45, 7) is 12.7. The lowest BCUT2D eigenvalue weighted by molar-refractivity contribution is 0.0236. The number of amides is 1. The maximum Gasteiger partial charge on any atom is 0.410 e. The number of rotatable bonds is 0. The Balaban J connectivity index is 2.22. The smallest absolute Gasteiger partial charge is 0.410 e. The Hall–Kier alpha value is -1.72. The van der Waals surface area contributed by atoms with Crippen molar-refractivity contribution in [2.45, 2.75) is 65.8 Å². The third-order valence-electron chi connectivity index (χ3n) is 3.10. The summed E-state index contributed by atoms with van der Waals surface area (Å²) in [5, 5.41) is 4.39. The van der Waals surface area contributed by atoms with Crippen molar-refractivity contribution in [2.75, 3.05) is 5.73 Å². The van der Waals surface area contributed by atoms with Crippen molar-refractivity contribution in [1.29, 1.82) is 0 Å². The van der Waals surface area contributed by atoms with E-state index >= 15 is 0 Å². The van der Waals surface area contributed by atoms with Gasteiger partial charge in [0.1, 0.15) is 5.60 Å². The van der Waals surface area contributed by atoms with E-state index in [0.717, 1.165) is 11.3 Å². The minimum atomic E-state index is -0.493. The summed E-state index contributed by atoms with van der Waals surface area (Å²) in [5.41, 5.74) is 7.25. The van der Waals surface area contributed by atoms with Gasteiger partial charge in [0.05, 0.1) is 24.3 Å². The van der Waals surface area contributed by atoms with Gasteiger partial charge in [-0.25, -0.2) is 4.79 Å². The van der Waals surface area contributed by atoms with Crippen LogP contribution in [0.2, 0.25) is 0 Å². The highest BCUT2D eigenvalue weighted by Gasteiger charge is 2.34. The Bertz CT molecular complexity index is 535. The van der Waals surface area contributed by atoms with Gasteiger partial charge in [-0.2, -0.15) is 5.10 Å². The number of nitrogens with zero attached hydrogens (tertiary/aromatic N) is 3. The number of anilines is 1. The van der Waals surface area contributed by atoms with Crippen molar-refractivity contribution in [3.8, 4) is 0 Å². The number of hydrogen-bond acceptors (Lipinski definition) is 4. The molecule has 0 radical (unpaired) electrons. The fourth-order valence-corrected chi connectivity index (χ4v) is 2.28. The molecule has 0 atom stereocenters. The van der Waals surface area contributed by atoms with Crippen LogP contribution in [0.15, 0.2) is 0 Å². The summed E-state index contributed by atoms with van der Waals surface area (Å²) in [5.74, 6) is 0.501. The van der Waals surface area contributed by atoms with Crippen LogP contribution in [0.25, 0.3) is 0 Å². The maximum atomic E-state index is 12.1. The third kappa shape index (κ3) is 2.73. The summed E-state index contributed by atoms with van der Waals surface area (Å²) in [4.78, 5) is 13.8. The van der Waals surface area contributed by atoms with Crippen molar-refractivity contribution >= 4 is 11.9 Å². The largest absolute Gasteiger partial charge is 0.444 e. The highest BCUT2D eigenvalue weighted by molar-refractivity contribution is 5.70. The van der Waals surface area contributed by atoms with Crippen LogP contribution in [0.1, 0.15) is 52.8 Å². The fraction of sp³-hybridized carbons (Fsp3) is 0.714. The molecule has 0 aliphatic carbocycles. The number of ether oxygens (including phenoxy) is 1. The standard InChI is InChI=1S/C14H24N4O2/c1-13(2,3)18-10-8-17(7-9(10)11(15)16-18)12(19)20-14(4,5)6/h7-8H2,1-6H3,(H2,15,16). The molecule has 6 nitrogen and oxygen atoms in total. The van der Waals surface area contributed by atoms with Gasteiger partial charge in [0.15, 0.2) is 5.82 Å². The van der Waals surface area contributed by atoms with Gasteiger partial charge in [-0.1, -0.05) is 0 Å². The van der Waals surface area contributed by atoms with Crippen LogP contribution in [-0.2, 0) is 23.4 Å². The first-order valence-corrected chi connectivity index (χ1v) is 6.84. The molecule has 0 spiro atoms. The second kappa shape index (κ2) is 4.40. The molecule has 0 saturated heterocycles.